The van der Waals surface area contributed by atoms with Crippen LogP contribution < -0.4 is 14.8 Å². The number of amides is 1. The fraction of sp³-hybridized carbons (Fsp3) is 0.278. The predicted octanol–water partition coefficient (Wildman–Crippen LogP) is 2.48. The lowest BCUT2D eigenvalue weighted by molar-refractivity contribution is -0.115. The van der Waals surface area contributed by atoms with Crippen LogP contribution in [0.5, 0.6) is 5.75 Å². The topological polar surface area (TPSA) is 84.5 Å². The molecule has 0 heterocycles. The highest BCUT2D eigenvalue weighted by atomic mass is 32.2. The van der Waals surface area contributed by atoms with E-state index in [4.69, 9.17) is 4.74 Å². The number of aryl methyl sites for hydroxylation is 1. The molecular formula is C18H22N2O4S. The number of nitrogens with one attached hydrogen (secondary N) is 2. The quantitative estimate of drug-likeness (QED) is 0.792. The summed E-state index contributed by atoms with van der Waals surface area (Å²) in [5, 5.41) is 2.73. The molecule has 25 heavy (non-hydrogen) atoms. The second-order valence-electron chi connectivity index (χ2n) is 5.49. The molecule has 0 aliphatic rings. The molecule has 0 aromatic heterocycles. The molecule has 2 N–H and O–H groups in total. The van der Waals surface area contributed by atoms with Crippen molar-refractivity contribution >= 4 is 21.6 Å². The lowest BCUT2D eigenvalue weighted by atomic mass is 10.1. The van der Waals surface area contributed by atoms with Gasteiger partial charge in [0.25, 0.3) is 0 Å². The van der Waals surface area contributed by atoms with Crippen molar-refractivity contribution in [1.29, 1.82) is 0 Å². The molecule has 2 aromatic carbocycles. The van der Waals surface area contributed by atoms with E-state index in [1.807, 2.05) is 31.2 Å². The third-order valence-corrected chi connectivity index (χ3v) is 5.19. The molecule has 0 spiro atoms. The van der Waals surface area contributed by atoms with Gasteiger partial charge in [0.15, 0.2) is 0 Å². The molecule has 0 saturated carbocycles. The van der Waals surface area contributed by atoms with E-state index < -0.39 is 10.0 Å². The van der Waals surface area contributed by atoms with Crippen LogP contribution in [0.1, 0.15) is 18.1 Å². The van der Waals surface area contributed by atoms with Gasteiger partial charge in [0, 0.05) is 5.69 Å². The molecule has 0 aliphatic heterocycles. The summed E-state index contributed by atoms with van der Waals surface area (Å²) in [4.78, 5) is 12.3. The van der Waals surface area contributed by atoms with Gasteiger partial charge in [-0.1, -0.05) is 18.2 Å². The van der Waals surface area contributed by atoms with Gasteiger partial charge in [0.2, 0.25) is 15.9 Å². The number of carbonyl (C=O) groups excluding carboxylic acids is 1. The summed E-state index contributed by atoms with van der Waals surface area (Å²) < 4.78 is 31.6. The molecule has 0 atom stereocenters. The SMILES string of the molecule is CCOc1ccc(CC(=O)Nc2ccc(C)c(S(=O)(=O)NC)c2)cc1. The van der Waals surface area contributed by atoms with Crippen molar-refractivity contribution in [2.75, 3.05) is 19.0 Å². The van der Waals surface area contributed by atoms with Crippen molar-refractivity contribution < 1.29 is 17.9 Å². The first kappa shape index (κ1) is 19.0. The largest absolute Gasteiger partial charge is 0.494 e. The van der Waals surface area contributed by atoms with E-state index >= 15 is 0 Å². The van der Waals surface area contributed by atoms with E-state index in [9.17, 15) is 13.2 Å². The zero-order valence-corrected chi connectivity index (χ0v) is 15.3. The molecule has 2 aromatic rings. The summed E-state index contributed by atoms with van der Waals surface area (Å²) in [5.41, 5.74) is 1.89. The fourth-order valence-corrected chi connectivity index (χ4v) is 3.33. The first-order chi connectivity index (χ1) is 11.9. The Labute approximate surface area is 148 Å². The number of hydrogen-bond donors (Lipinski definition) is 2. The van der Waals surface area contributed by atoms with E-state index in [2.05, 4.69) is 10.0 Å². The van der Waals surface area contributed by atoms with Crippen molar-refractivity contribution in [3.8, 4) is 5.75 Å². The minimum atomic E-state index is -3.57. The Morgan fingerprint density at radius 3 is 2.40 bits per heavy atom. The highest BCUT2D eigenvalue weighted by molar-refractivity contribution is 7.89. The van der Waals surface area contributed by atoms with Crippen LogP contribution >= 0.6 is 0 Å². The van der Waals surface area contributed by atoms with Crippen LogP contribution in [0.15, 0.2) is 47.4 Å². The van der Waals surface area contributed by atoms with Gasteiger partial charge in [-0.15, -0.1) is 0 Å². The highest BCUT2D eigenvalue weighted by Crippen LogP contribution is 2.20. The van der Waals surface area contributed by atoms with Crippen LogP contribution in [0, 0.1) is 6.92 Å². The van der Waals surface area contributed by atoms with Crippen LogP contribution in [0.3, 0.4) is 0 Å². The third kappa shape index (κ3) is 5.04. The molecular weight excluding hydrogens is 340 g/mol. The Hall–Kier alpha value is -2.38. The second-order valence-corrected chi connectivity index (χ2v) is 7.34. The Morgan fingerprint density at radius 1 is 1.12 bits per heavy atom. The molecule has 0 bridgehead atoms. The van der Waals surface area contributed by atoms with Crippen LogP contribution in [0.25, 0.3) is 0 Å². The molecule has 0 fully saturated rings. The summed E-state index contributed by atoms with van der Waals surface area (Å²) >= 11 is 0. The van der Waals surface area contributed by atoms with Crippen molar-refractivity contribution in [2.45, 2.75) is 25.2 Å². The Bertz CT molecular complexity index is 846. The number of sulfonamides is 1. The maximum atomic E-state index is 12.2. The molecule has 0 unspecified atom stereocenters. The maximum Gasteiger partial charge on any atom is 0.240 e. The van der Waals surface area contributed by atoms with Gasteiger partial charge in [-0.05, 0) is 56.3 Å². The number of benzene rings is 2. The molecule has 0 radical (unpaired) electrons. The van der Waals surface area contributed by atoms with Crippen LogP contribution in [-0.2, 0) is 21.2 Å². The highest BCUT2D eigenvalue weighted by Gasteiger charge is 2.15. The summed E-state index contributed by atoms with van der Waals surface area (Å²) in [6.45, 7) is 4.20. The summed E-state index contributed by atoms with van der Waals surface area (Å²) in [5.74, 6) is 0.535. The van der Waals surface area contributed by atoms with Crippen molar-refractivity contribution in [3.63, 3.8) is 0 Å². The Balaban J connectivity index is 2.09. The summed E-state index contributed by atoms with van der Waals surface area (Å²) in [6, 6.07) is 12.1. The number of carbonyl (C=O) groups is 1. The van der Waals surface area contributed by atoms with E-state index in [0.717, 1.165) is 11.3 Å². The molecule has 0 saturated heterocycles. The van der Waals surface area contributed by atoms with Gasteiger partial charge in [0.1, 0.15) is 5.75 Å². The van der Waals surface area contributed by atoms with Crippen molar-refractivity contribution in [2.24, 2.45) is 0 Å². The van der Waals surface area contributed by atoms with Crippen LogP contribution in [0.2, 0.25) is 0 Å². The maximum absolute atomic E-state index is 12.2. The van der Waals surface area contributed by atoms with Crippen molar-refractivity contribution in [3.05, 3.63) is 53.6 Å². The standard InChI is InChI=1S/C18H22N2O4S/c1-4-24-16-9-6-14(7-10-16)11-18(21)20-15-8-5-13(2)17(12-15)25(22,23)19-3/h5-10,12,19H,4,11H2,1-3H3,(H,20,21). The van der Waals surface area contributed by atoms with E-state index in [-0.39, 0.29) is 17.2 Å². The molecule has 0 aliphatic carbocycles. The van der Waals surface area contributed by atoms with Crippen LogP contribution in [-0.4, -0.2) is 28.0 Å². The zero-order valence-electron chi connectivity index (χ0n) is 14.5. The predicted molar refractivity (Wildman–Crippen MR) is 97.4 cm³/mol. The first-order valence-corrected chi connectivity index (χ1v) is 9.40. The van der Waals surface area contributed by atoms with Crippen molar-refractivity contribution in [1.82, 2.24) is 4.72 Å². The molecule has 6 nitrogen and oxygen atoms in total. The van der Waals surface area contributed by atoms with Gasteiger partial charge in [-0.3, -0.25) is 4.79 Å². The van der Waals surface area contributed by atoms with E-state index in [1.54, 1.807) is 19.1 Å². The summed E-state index contributed by atoms with van der Waals surface area (Å²) in [7, 11) is -2.22. The second kappa shape index (κ2) is 8.13. The number of rotatable bonds is 7. The third-order valence-electron chi connectivity index (χ3n) is 3.63. The van der Waals surface area contributed by atoms with Gasteiger partial charge in [-0.25, -0.2) is 13.1 Å². The van der Waals surface area contributed by atoms with Gasteiger partial charge in [-0.2, -0.15) is 0 Å². The summed E-state index contributed by atoms with van der Waals surface area (Å²) in [6.07, 6.45) is 0.189. The first-order valence-electron chi connectivity index (χ1n) is 7.91. The minimum Gasteiger partial charge on any atom is -0.494 e. The monoisotopic (exact) mass is 362 g/mol. The average Bonchev–Trinajstić information content (AvgIpc) is 2.58. The zero-order chi connectivity index (χ0) is 18.4. The van der Waals surface area contributed by atoms with E-state index in [0.29, 0.717) is 17.9 Å². The molecule has 134 valence electrons. The average molecular weight is 362 g/mol. The number of anilines is 1. The van der Waals surface area contributed by atoms with Gasteiger partial charge >= 0.3 is 0 Å². The molecule has 2 rings (SSSR count). The lowest BCUT2D eigenvalue weighted by Gasteiger charge is -2.11. The number of hydrogen-bond acceptors (Lipinski definition) is 4. The normalized spacial score (nSPS) is 11.2. The van der Waals surface area contributed by atoms with E-state index in [1.165, 1.54) is 13.1 Å². The smallest absolute Gasteiger partial charge is 0.240 e. The minimum absolute atomic E-state index is 0.147. The Kier molecular flexibility index (Phi) is 6.17. The van der Waals surface area contributed by atoms with Gasteiger partial charge in [0.05, 0.1) is 17.9 Å². The Morgan fingerprint density at radius 2 is 1.80 bits per heavy atom. The fourth-order valence-electron chi connectivity index (χ4n) is 2.34. The number of ether oxygens (including phenoxy) is 1. The lowest BCUT2D eigenvalue weighted by Crippen LogP contribution is -2.20. The van der Waals surface area contributed by atoms with Gasteiger partial charge < -0.3 is 10.1 Å². The molecule has 7 heteroatoms. The van der Waals surface area contributed by atoms with Crippen LogP contribution in [0.4, 0.5) is 5.69 Å². The molecule has 1 amide bonds.